The molecular formula is C18H15F3N2. The Morgan fingerprint density at radius 1 is 0.913 bits per heavy atom. The number of nitrogens with one attached hydrogen (secondary N) is 2. The van der Waals surface area contributed by atoms with Crippen molar-refractivity contribution >= 4 is 10.9 Å². The summed E-state index contributed by atoms with van der Waals surface area (Å²) >= 11 is 0. The van der Waals surface area contributed by atoms with Gasteiger partial charge in [-0.25, -0.2) is 0 Å². The van der Waals surface area contributed by atoms with Crippen LogP contribution in [0.2, 0.25) is 0 Å². The zero-order valence-electron chi connectivity index (χ0n) is 12.2. The van der Waals surface area contributed by atoms with E-state index in [1.807, 2.05) is 12.1 Å². The fraction of sp³-hybridized carbons (Fsp3) is 0.222. The highest BCUT2D eigenvalue weighted by atomic mass is 19.4. The average molecular weight is 316 g/mol. The molecule has 1 atom stereocenters. The summed E-state index contributed by atoms with van der Waals surface area (Å²) in [6, 6.07) is 15.3. The molecule has 1 aliphatic heterocycles. The normalized spacial score (nSPS) is 21.3. The summed E-state index contributed by atoms with van der Waals surface area (Å²) in [5.41, 5.74) is -0.255. The summed E-state index contributed by atoms with van der Waals surface area (Å²) in [6.45, 7) is 0.272. The highest BCUT2D eigenvalue weighted by molar-refractivity contribution is 5.87. The first-order valence-electron chi connectivity index (χ1n) is 7.51. The van der Waals surface area contributed by atoms with Gasteiger partial charge < -0.3 is 4.98 Å². The van der Waals surface area contributed by atoms with E-state index < -0.39 is 11.7 Å². The van der Waals surface area contributed by atoms with Gasteiger partial charge in [0.2, 0.25) is 0 Å². The first kappa shape index (κ1) is 14.3. The molecule has 1 aromatic heterocycles. The summed E-state index contributed by atoms with van der Waals surface area (Å²) in [5.74, 6) is 0. The van der Waals surface area contributed by atoms with Gasteiger partial charge in [-0.1, -0.05) is 48.5 Å². The molecule has 2 nitrogen and oxygen atoms in total. The standard InChI is InChI=1S/C18H15F3N2/c19-18(20,21)17(12-6-2-1-3-7-12)16-13-8-4-5-9-14(13)23-15(16)10-11-22-17/h1-9,22-23H,10-11H2. The number of halogens is 3. The SMILES string of the molecule is FC(F)(F)C1(c2ccccc2)NCCc2[nH]c3ccccc3c21. The number of rotatable bonds is 1. The molecule has 0 bridgehead atoms. The van der Waals surface area contributed by atoms with E-state index in [1.54, 1.807) is 30.3 Å². The largest absolute Gasteiger partial charge is 0.415 e. The van der Waals surface area contributed by atoms with E-state index in [-0.39, 0.29) is 12.1 Å². The zero-order valence-corrected chi connectivity index (χ0v) is 12.2. The number of aromatic amines is 1. The lowest BCUT2D eigenvalue weighted by molar-refractivity contribution is -0.188. The van der Waals surface area contributed by atoms with Crippen molar-refractivity contribution in [2.75, 3.05) is 6.54 Å². The molecule has 0 fully saturated rings. The van der Waals surface area contributed by atoms with Gasteiger partial charge in [0.05, 0.1) is 0 Å². The van der Waals surface area contributed by atoms with Crippen LogP contribution in [0.4, 0.5) is 13.2 Å². The van der Waals surface area contributed by atoms with Gasteiger partial charge in [-0.15, -0.1) is 0 Å². The Morgan fingerprint density at radius 3 is 2.35 bits per heavy atom. The van der Waals surface area contributed by atoms with Crippen molar-refractivity contribution in [3.05, 3.63) is 71.4 Å². The lowest BCUT2D eigenvalue weighted by atomic mass is 9.78. The number of H-pyrrole nitrogens is 1. The molecule has 2 N–H and O–H groups in total. The van der Waals surface area contributed by atoms with Gasteiger partial charge in [0.1, 0.15) is 0 Å². The van der Waals surface area contributed by atoms with Gasteiger partial charge in [0.15, 0.2) is 5.54 Å². The van der Waals surface area contributed by atoms with Gasteiger partial charge in [-0.2, -0.15) is 13.2 Å². The molecule has 1 aliphatic rings. The minimum Gasteiger partial charge on any atom is -0.358 e. The van der Waals surface area contributed by atoms with E-state index in [0.29, 0.717) is 23.1 Å². The van der Waals surface area contributed by atoms with E-state index in [0.717, 1.165) is 5.52 Å². The maximum atomic E-state index is 14.3. The van der Waals surface area contributed by atoms with E-state index in [4.69, 9.17) is 0 Å². The lowest BCUT2D eigenvalue weighted by Crippen LogP contribution is -2.57. The second-order valence-electron chi connectivity index (χ2n) is 5.81. The number of para-hydroxylation sites is 1. The van der Waals surface area contributed by atoms with Crippen molar-refractivity contribution in [3.63, 3.8) is 0 Å². The molecule has 2 aromatic carbocycles. The maximum Gasteiger partial charge on any atom is 0.415 e. The molecule has 0 radical (unpaired) electrons. The Labute approximate surface area is 131 Å². The van der Waals surface area contributed by atoms with E-state index in [2.05, 4.69) is 10.3 Å². The molecule has 0 amide bonds. The van der Waals surface area contributed by atoms with E-state index in [9.17, 15) is 13.2 Å². The predicted octanol–water partition coefficient (Wildman–Crippen LogP) is 4.12. The van der Waals surface area contributed by atoms with Crippen molar-refractivity contribution < 1.29 is 13.2 Å². The van der Waals surface area contributed by atoms with Gasteiger partial charge in [-0.3, -0.25) is 5.32 Å². The number of hydrogen-bond acceptors (Lipinski definition) is 1. The fourth-order valence-corrected chi connectivity index (χ4v) is 3.62. The van der Waals surface area contributed by atoms with Crippen LogP contribution in [0, 0.1) is 0 Å². The molecule has 2 heterocycles. The predicted molar refractivity (Wildman–Crippen MR) is 83.3 cm³/mol. The highest BCUT2D eigenvalue weighted by Gasteiger charge is 2.59. The summed E-state index contributed by atoms with van der Waals surface area (Å²) in [4.78, 5) is 3.17. The average Bonchev–Trinajstić information content (AvgIpc) is 2.93. The van der Waals surface area contributed by atoms with Crippen molar-refractivity contribution in [2.45, 2.75) is 18.1 Å². The Morgan fingerprint density at radius 2 is 1.61 bits per heavy atom. The first-order chi connectivity index (χ1) is 11.0. The van der Waals surface area contributed by atoms with Crippen LogP contribution in [0.15, 0.2) is 54.6 Å². The zero-order chi connectivity index (χ0) is 16.1. The Bertz CT molecular complexity index is 852. The first-order valence-corrected chi connectivity index (χ1v) is 7.51. The molecule has 0 aliphatic carbocycles. The van der Waals surface area contributed by atoms with Crippen molar-refractivity contribution in [2.24, 2.45) is 0 Å². The molecule has 3 aromatic rings. The summed E-state index contributed by atoms with van der Waals surface area (Å²) in [6.07, 6.45) is -3.90. The van der Waals surface area contributed by atoms with Crippen LogP contribution in [-0.4, -0.2) is 17.7 Å². The Kier molecular flexibility index (Phi) is 3.03. The van der Waals surface area contributed by atoms with Gasteiger partial charge in [-0.05, 0) is 11.6 Å². The van der Waals surface area contributed by atoms with Crippen molar-refractivity contribution in [3.8, 4) is 0 Å². The van der Waals surface area contributed by atoms with E-state index in [1.165, 1.54) is 12.1 Å². The maximum absolute atomic E-state index is 14.3. The highest BCUT2D eigenvalue weighted by Crippen LogP contribution is 2.49. The second kappa shape index (κ2) is 4.86. The quantitative estimate of drug-likeness (QED) is 0.694. The van der Waals surface area contributed by atoms with Crippen molar-refractivity contribution in [1.29, 1.82) is 0 Å². The van der Waals surface area contributed by atoms with Crippen LogP contribution in [-0.2, 0) is 12.0 Å². The molecular weight excluding hydrogens is 301 g/mol. The molecule has 5 heteroatoms. The lowest BCUT2D eigenvalue weighted by Gasteiger charge is -2.40. The van der Waals surface area contributed by atoms with Crippen LogP contribution in [0.25, 0.3) is 10.9 Å². The molecule has 0 saturated carbocycles. The molecule has 4 rings (SSSR count). The number of aromatic nitrogens is 1. The monoisotopic (exact) mass is 316 g/mol. The second-order valence-corrected chi connectivity index (χ2v) is 5.81. The minimum atomic E-state index is -4.45. The number of benzene rings is 2. The van der Waals surface area contributed by atoms with Gasteiger partial charge in [0, 0.05) is 35.1 Å². The smallest absolute Gasteiger partial charge is 0.358 e. The van der Waals surface area contributed by atoms with Gasteiger partial charge >= 0.3 is 6.18 Å². The number of fused-ring (bicyclic) bond motifs is 3. The molecule has 0 saturated heterocycles. The summed E-state index contributed by atoms with van der Waals surface area (Å²) in [7, 11) is 0. The van der Waals surface area contributed by atoms with Crippen LogP contribution in [0.1, 0.15) is 16.8 Å². The van der Waals surface area contributed by atoms with Crippen LogP contribution in [0.5, 0.6) is 0 Å². The third-order valence-corrected chi connectivity index (χ3v) is 4.56. The van der Waals surface area contributed by atoms with Gasteiger partial charge in [0.25, 0.3) is 0 Å². The molecule has 1 unspecified atom stereocenters. The van der Waals surface area contributed by atoms with Crippen molar-refractivity contribution in [1.82, 2.24) is 10.3 Å². The number of hydrogen-bond donors (Lipinski definition) is 2. The van der Waals surface area contributed by atoms with Crippen LogP contribution < -0.4 is 5.32 Å². The fourth-order valence-electron chi connectivity index (χ4n) is 3.62. The topological polar surface area (TPSA) is 27.8 Å². The Hall–Kier alpha value is -2.27. The third-order valence-electron chi connectivity index (χ3n) is 4.56. The van der Waals surface area contributed by atoms with Crippen LogP contribution >= 0.6 is 0 Å². The summed E-state index contributed by atoms with van der Waals surface area (Å²) in [5, 5.41) is 3.40. The van der Waals surface area contributed by atoms with Crippen LogP contribution in [0.3, 0.4) is 0 Å². The molecule has 0 spiro atoms. The number of alkyl halides is 3. The summed E-state index contributed by atoms with van der Waals surface area (Å²) < 4.78 is 42.9. The minimum absolute atomic E-state index is 0.221. The molecule has 23 heavy (non-hydrogen) atoms. The van der Waals surface area contributed by atoms with E-state index >= 15 is 0 Å². The molecule has 118 valence electrons. The Balaban J connectivity index is 2.11. The third kappa shape index (κ3) is 1.93.